The Hall–Kier alpha value is -0.130. The third-order valence-electron chi connectivity index (χ3n) is 2.76. The first-order valence-electron chi connectivity index (χ1n) is 4.79. The average molecular weight is 221 g/mol. The zero-order valence-corrected chi connectivity index (χ0v) is 9.86. The Morgan fingerprint density at radius 2 is 1.93 bits per heavy atom. The summed E-state index contributed by atoms with van der Waals surface area (Å²) in [5, 5.41) is 0. The van der Waals surface area contributed by atoms with Crippen molar-refractivity contribution in [2.45, 2.75) is 38.7 Å². The molecule has 1 unspecified atom stereocenters. The maximum atomic E-state index is 11.1. The van der Waals surface area contributed by atoms with Gasteiger partial charge in [-0.05, 0) is 24.7 Å². The van der Waals surface area contributed by atoms with Gasteiger partial charge in [-0.15, -0.1) is 0 Å². The molecule has 5 heteroatoms. The molecule has 1 aliphatic carbocycles. The van der Waals surface area contributed by atoms with Crippen molar-refractivity contribution in [1.29, 1.82) is 0 Å². The third-order valence-corrected chi connectivity index (χ3v) is 3.41. The molecule has 1 rings (SSSR count). The van der Waals surface area contributed by atoms with Gasteiger partial charge in [-0.2, -0.15) is 8.42 Å². The van der Waals surface area contributed by atoms with E-state index in [9.17, 15) is 8.42 Å². The quantitative estimate of drug-likeness (QED) is 0.718. The van der Waals surface area contributed by atoms with E-state index in [-0.39, 0.29) is 12.0 Å². The zero-order chi connectivity index (χ0) is 11.0. The van der Waals surface area contributed by atoms with Crippen molar-refractivity contribution in [2.75, 3.05) is 12.8 Å². The molecule has 1 aliphatic rings. The van der Waals surface area contributed by atoms with E-state index in [4.69, 9.17) is 9.92 Å². The van der Waals surface area contributed by atoms with Crippen LogP contribution in [0.15, 0.2) is 0 Å². The summed E-state index contributed by atoms with van der Waals surface area (Å²) in [4.78, 5) is 0. The Kier molecular flexibility index (Phi) is 2.96. The van der Waals surface area contributed by atoms with Gasteiger partial charge in [0.25, 0.3) is 10.1 Å². The molecule has 14 heavy (non-hydrogen) atoms. The molecule has 1 fully saturated rings. The summed E-state index contributed by atoms with van der Waals surface area (Å²) in [7, 11) is -3.41. The summed E-state index contributed by atoms with van der Waals surface area (Å²) >= 11 is 0. The molecule has 0 saturated heterocycles. The lowest BCUT2D eigenvalue weighted by atomic mass is 9.89. The standard InChI is InChI=1S/C9H19NO3S/c1-8(2)4-5-9(6-8,7-10)13-14(3,11)12/h4-7,10H2,1-3H3. The van der Waals surface area contributed by atoms with Gasteiger partial charge >= 0.3 is 0 Å². The third kappa shape index (κ3) is 2.93. The van der Waals surface area contributed by atoms with Crippen LogP contribution in [-0.2, 0) is 14.3 Å². The number of rotatable bonds is 3. The van der Waals surface area contributed by atoms with Gasteiger partial charge in [-0.3, -0.25) is 4.18 Å². The molecule has 0 aromatic heterocycles. The van der Waals surface area contributed by atoms with E-state index in [2.05, 4.69) is 13.8 Å². The Morgan fingerprint density at radius 1 is 1.36 bits per heavy atom. The van der Waals surface area contributed by atoms with Gasteiger partial charge in [0.1, 0.15) is 5.60 Å². The topological polar surface area (TPSA) is 69.4 Å². The molecule has 1 atom stereocenters. The number of hydrogen-bond donors (Lipinski definition) is 1. The lowest BCUT2D eigenvalue weighted by Gasteiger charge is -2.28. The summed E-state index contributed by atoms with van der Waals surface area (Å²) in [6.07, 6.45) is 3.47. The van der Waals surface area contributed by atoms with Crippen LogP contribution in [0.3, 0.4) is 0 Å². The summed E-state index contributed by atoms with van der Waals surface area (Å²) in [5.41, 5.74) is 5.08. The maximum Gasteiger partial charge on any atom is 0.264 e. The van der Waals surface area contributed by atoms with Crippen LogP contribution in [0.1, 0.15) is 33.1 Å². The van der Waals surface area contributed by atoms with Crippen molar-refractivity contribution in [3.05, 3.63) is 0 Å². The highest BCUT2D eigenvalue weighted by atomic mass is 32.2. The Bertz CT molecular complexity index is 310. The second kappa shape index (κ2) is 3.47. The van der Waals surface area contributed by atoms with Gasteiger partial charge in [0.15, 0.2) is 0 Å². The largest absolute Gasteiger partial charge is 0.328 e. The highest BCUT2D eigenvalue weighted by Crippen LogP contribution is 2.45. The normalized spacial score (nSPS) is 32.0. The first-order valence-corrected chi connectivity index (χ1v) is 6.60. The lowest BCUT2D eigenvalue weighted by molar-refractivity contribution is 0.0828. The summed E-state index contributed by atoms with van der Waals surface area (Å²) in [6, 6.07) is 0. The zero-order valence-electron chi connectivity index (χ0n) is 9.04. The van der Waals surface area contributed by atoms with Crippen LogP contribution in [0.2, 0.25) is 0 Å². The molecule has 0 spiro atoms. The van der Waals surface area contributed by atoms with E-state index >= 15 is 0 Å². The smallest absolute Gasteiger partial charge is 0.264 e. The fourth-order valence-electron chi connectivity index (χ4n) is 2.22. The van der Waals surface area contributed by atoms with Crippen LogP contribution in [0.4, 0.5) is 0 Å². The van der Waals surface area contributed by atoms with Crippen LogP contribution >= 0.6 is 0 Å². The fraction of sp³-hybridized carbons (Fsp3) is 1.00. The van der Waals surface area contributed by atoms with Crippen molar-refractivity contribution in [3.8, 4) is 0 Å². The van der Waals surface area contributed by atoms with Crippen molar-refractivity contribution >= 4 is 10.1 Å². The Balaban J connectivity index is 2.81. The van der Waals surface area contributed by atoms with Gasteiger partial charge in [-0.1, -0.05) is 13.8 Å². The molecule has 0 amide bonds. The minimum absolute atomic E-state index is 0.129. The molecule has 0 radical (unpaired) electrons. The summed E-state index contributed by atoms with van der Waals surface area (Å²) in [5.74, 6) is 0. The first kappa shape index (κ1) is 11.9. The Labute approximate surface area is 85.9 Å². The average Bonchev–Trinajstić information content (AvgIpc) is 2.24. The summed E-state index contributed by atoms with van der Waals surface area (Å²) < 4.78 is 27.3. The second-order valence-corrected chi connectivity index (χ2v) is 6.59. The van der Waals surface area contributed by atoms with E-state index in [1.165, 1.54) is 0 Å². The summed E-state index contributed by atoms with van der Waals surface area (Å²) in [6.45, 7) is 4.48. The first-order chi connectivity index (χ1) is 6.18. The predicted octanol–water partition coefficient (Wildman–Crippen LogP) is 0.870. The van der Waals surface area contributed by atoms with Crippen LogP contribution < -0.4 is 5.73 Å². The van der Waals surface area contributed by atoms with Crippen molar-refractivity contribution < 1.29 is 12.6 Å². The molecule has 0 aromatic carbocycles. The van der Waals surface area contributed by atoms with Crippen LogP contribution in [-0.4, -0.2) is 26.8 Å². The molecule has 2 N–H and O–H groups in total. The van der Waals surface area contributed by atoms with Gasteiger partial charge in [-0.25, -0.2) is 0 Å². The van der Waals surface area contributed by atoms with Crippen LogP contribution in [0.25, 0.3) is 0 Å². The van der Waals surface area contributed by atoms with Crippen molar-refractivity contribution in [3.63, 3.8) is 0 Å². The highest BCUT2D eigenvalue weighted by molar-refractivity contribution is 7.86. The molecule has 84 valence electrons. The molecule has 4 nitrogen and oxygen atoms in total. The van der Waals surface area contributed by atoms with Gasteiger partial charge < -0.3 is 5.73 Å². The molecule has 0 heterocycles. The highest BCUT2D eigenvalue weighted by Gasteiger charge is 2.45. The maximum absolute atomic E-state index is 11.1. The van der Waals surface area contributed by atoms with Gasteiger partial charge in [0, 0.05) is 6.54 Å². The monoisotopic (exact) mass is 221 g/mol. The number of hydrogen-bond acceptors (Lipinski definition) is 4. The molecule has 0 bridgehead atoms. The molecular formula is C9H19NO3S. The minimum Gasteiger partial charge on any atom is -0.328 e. The van der Waals surface area contributed by atoms with Gasteiger partial charge in [0.05, 0.1) is 6.26 Å². The van der Waals surface area contributed by atoms with E-state index in [1.54, 1.807) is 0 Å². The molecule has 0 aromatic rings. The fourth-order valence-corrected chi connectivity index (χ4v) is 3.07. The minimum atomic E-state index is -3.41. The molecular weight excluding hydrogens is 202 g/mol. The predicted molar refractivity (Wildman–Crippen MR) is 55.3 cm³/mol. The van der Waals surface area contributed by atoms with Crippen LogP contribution in [0.5, 0.6) is 0 Å². The van der Waals surface area contributed by atoms with Crippen LogP contribution in [0, 0.1) is 5.41 Å². The van der Waals surface area contributed by atoms with Crippen molar-refractivity contribution in [2.24, 2.45) is 11.1 Å². The molecule has 1 saturated carbocycles. The molecule has 0 aliphatic heterocycles. The van der Waals surface area contributed by atoms with E-state index in [1.807, 2.05) is 0 Å². The lowest BCUT2D eigenvalue weighted by Crippen LogP contribution is -2.40. The SMILES string of the molecule is CC1(C)CCC(CN)(OS(C)(=O)=O)C1. The Morgan fingerprint density at radius 3 is 2.21 bits per heavy atom. The van der Waals surface area contributed by atoms with E-state index in [0.29, 0.717) is 6.42 Å². The second-order valence-electron chi connectivity index (χ2n) is 5.02. The number of nitrogens with two attached hydrogens (primary N) is 1. The van der Waals surface area contributed by atoms with Crippen molar-refractivity contribution in [1.82, 2.24) is 0 Å². The van der Waals surface area contributed by atoms with E-state index in [0.717, 1.165) is 19.1 Å². The van der Waals surface area contributed by atoms with Gasteiger partial charge in [0.2, 0.25) is 0 Å². The van der Waals surface area contributed by atoms with E-state index < -0.39 is 15.7 Å².